The first kappa shape index (κ1) is 33.2. The summed E-state index contributed by atoms with van der Waals surface area (Å²) in [5.41, 5.74) is 15.3. The Bertz CT molecular complexity index is 2860. The molecular weight excluding hydrogens is 677 g/mol. The Hall–Kier alpha value is -7.42. The molecule has 2 heteroatoms. The van der Waals surface area contributed by atoms with E-state index in [1.807, 2.05) is 12.1 Å². The summed E-state index contributed by atoms with van der Waals surface area (Å²) in [7, 11) is 0. The van der Waals surface area contributed by atoms with E-state index in [1.54, 1.807) is 0 Å². The van der Waals surface area contributed by atoms with Gasteiger partial charge < -0.3 is 0 Å². The third kappa shape index (κ3) is 6.34. The summed E-state index contributed by atoms with van der Waals surface area (Å²) in [6.07, 6.45) is 0. The number of fused-ring (bicyclic) bond motifs is 3. The summed E-state index contributed by atoms with van der Waals surface area (Å²) >= 11 is 0. The maximum Gasteiger partial charge on any atom is 0.0721 e. The van der Waals surface area contributed by atoms with Crippen molar-refractivity contribution in [1.29, 1.82) is 0 Å². The monoisotopic (exact) mass is 712 g/mol. The molecule has 2 heterocycles. The largest absolute Gasteiger partial charge is 0.248 e. The number of nitrogens with zero attached hydrogens (tertiary/aromatic N) is 2. The van der Waals surface area contributed by atoms with Gasteiger partial charge in [0.05, 0.1) is 22.8 Å². The Kier molecular flexibility index (Phi) is 8.55. The van der Waals surface area contributed by atoms with Crippen molar-refractivity contribution in [1.82, 2.24) is 9.97 Å². The van der Waals surface area contributed by atoms with Gasteiger partial charge in [-0.15, -0.1) is 0 Å². The number of hydrogen-bond donors (Lipinski definition) is 0. The van der Waals surface area contributed by atoms with E-state index >= 15 is 0 Å². The highest BCUT2D eigenvalue weighted by atomic mass is 14.7. The van der Waals surface area contributed by atoms with Gasteiger partial charge in [0.25, 0.3) is 0 Å². The van der Waals surface area contributed by atoms with Crippen molar-refractivity contribution in [2.24, 2.45) is 0 Å². The molecule has 0 saturated carbocycles. The van der Waals surface area contributed by atoms with Crippen LogP contribution in [0.25, 0.3) is 100.0 Å². The summed E-state index contributed by atoms with van der Waals surface area (Å²) in [4.78, 5) is 10.4. The van der Waals surface area contributed by atoms with Crippen molar-refractivity contribution in [2.75, 3.05) is 0 Å². The highest BCUT2D eigenvalue weighted by molar-refractivity contribution is 6.15. The van der Waals surface area contributed by atoms with Gasteiger partial charge in [0, 0.05) is 22.3 Å². The van der Waals surface area contributed by atoms with Crippen LogP contribution in [0, 0.1) is 0 Å². The van der Waals surface area contributed by atoms with Crippen LogP contribution in [-0.4, -0.2) is 9.97 Å². The van der Waals surface area contributed by atoms with Gasteiger partial charge in [-0.05, 0) is 79.2 Å². The van der Waals surface area contributed by atoms with Crippen molar-refractivity contribution in [2.45, 2.75) is 0 Å². The van der Waals surface area contributed by atoms with E-state index in [9.17, 15) is 0 Å². The Balaban J connectivity index is 1.05. The molecule has 0 N–H and O–H groups in total. The Morgan fingerprint density at radius 2 is 0.554 bits per heavy atom. The van der Waals surface area contributed by atoms with Gasteiger partial charge in [0.1, 0.15) is 0 Å². The Morgan fingerprint density at radius 1 is 0.196 bits per heavy atom. The molecule has 0 radical (unpaired) electrons. The lowest BCUT2D eigenvalue weighted by atomic mass is 9.91. The zero-order valence-corrected chi connectivity index (χ0v) is 30.7. The fourth-order valence-corrected chi connectivity index (χ4v) is 7.88. The minimum atomic E-state index is 0.952. The molecule has 0 fully saturated rings. The zero-order valence-electron chi connectivity index (χ0n) is 30.7. The fourth-order valence-electron chi connectivity index (χ4n) is 7.88. The third-order valence-electron chi connectivity index (χ3n) is 10.7. The molecule has 2 aromatic heterocycles. The summed E-state index contributed by atoms with van der Waals surface area (Å²) in [5, 5.41) is 4.83. The van der Waals surface area contributed by atoms with Crippen molar-refractivity contribution < 1.29 is 0 Å². The molecule has 2 nitrogen and oxygen atoms in total. The van der Waals surface area contributed by atoms with E-state index < -0.39 is 0 Å². The number of rotatable bonds is 7. The lowest BCUT2D eigenvalue weighted by molar-refractivity contribution is 1.32. The molecule has 262 valence electrons. The molecule has 10 aromatic rings. The molecule has 8 aromatic carbocycles. The first-order chi connectivity index (χ1) is 27.7. The number of benzene rings is 8. The molecule has 0 saturated heterocycles. The SMILES string of the molecule is c1ccc(-c2cc(-c3ccccc3)nc(-c3ccc(-c4cccc5c4ccc4c(-c6cc(-c7ccccc7)cc(-c7ccccc7)n6)cccc45)cc3)c2)cc1. The average molecular weight is 713 g/mol. The minimum Gasteiger partial charge on any atom is -0.248 e. The van der Waals surface area contributed by atoms with Gasteiger partial charge in [0.15, 0.2) is 0 Å². The van der Waals surface area contributed by atoms with Crippen molar-refractivity contribution >= 4 is 21.5 Å². The van der Waals surface area contributed by atoms with Crippen molar-refractivity contribution in [3.8, 4) is 78.4 Å². The van der Waals surface area contributed by atoms with Crippen LogP contribution in [0.5, 0.6) is 0 Å². The highest BCUT2D eigenvalue weighted by Gasteiger charge is 2.15. The fraction of sp³-hybridized carbons (Fsp3) is 0. The maximum absolute atomic E-state index is 5.27. The van der Waals surface area contributed by atoms with Crippen LogP contribution in [0.15, 0.2) is 218 Å². The van der Waals surface area contributed by atoms with Crippen LogP contribution in [-0.2, 0) is 0 Å². The predicted octanol–water partition coefficient (Wildman–Crippen LogP) is 14.5. The van der Waals surface area contributed by atoms with Crippen molar-refractivity contribution in [3.63, 3.8) is 0 Å². The number of aromatic nitrogens is 2. The first-order valence-corrected chi connectivity index (χ1v) is 19.1. The van der Waals surface area contributed by atoms with E-state index in [2.05, 4.69) is 206 Å². The van der Waals surface area contributed by atoms with Crippen LogP contribution in [0.1, 0.15) is 0 Å². The topological polar surface area (TPSA) is 25.8 Å². The summed E-state index contributed by atoms with van der Waals surface area (Å²) < 4.78 is 0. The van der Waals surface area contributed by atoms with Crippen LogP contribution in [0.2, 0.25) is 0 Å². The molecule has 56 heavy (non-hydrogen) atoms. The molecule has 0 amide bonds. The van der Waals surface area contributed by atoms with E-state index in [1.165, 1.54) is 43.8 Å². The molecule has 0 bridgehead atoms. The summed E-state index contributed by atoms with van der Waals surface area (Å²) in [6, 6.07) is 77.5. The lowest BCUT2D eigenvalue weighted by Crippen LogP contribution is -1.93. The standard InChI is InChI=1S/C54H36N2/c1-5-15-37(16-6-1)43-33-51(40-19-9-3-10-20-40)55-53(34-43)42-29-27-39(28-30-42)45-23-13-24-46-47-25-14-26-50(49(47)32-31-48(45)46)54-36-44(38-17-7-2-8-18-38)35-52(56-54)41-21-11-4-12-22-41/h1-36H. The first-order valence-electron chi connectivity index (χ1n) is 19.1. The molecule has 0 aliphatic rings. The van der Waals surface area contributed by atoms with Crippen molar-refractivity contribution in [3.05, 3.63) is 218 Å². The van der Waals surface area contributed by atoms with Gasteiger partial charge in [0.2, 0.25) is 0 Å². The normalized spacial score (nSPS) is 11.2. The predicted molar refractivity (Wildman–Crippen MR) is 235 cm³/mol. The molecule has 0 aliphatic heterocycles. The van der Waals surface area contributed by atoms with Gasteiger partial charge in [-0.25, -0.2) is 9.97 Å². The Labute approximate surface area is 327 Å². The number of hydrogen-bond acceptors (Lipinski definition) is 2. The highest BCUT2D eigenvalue weighted by Crippen LogP contribution is 2.39. The summed E-state index contributed by atoms with van der Waals surface area (Å²) in [6.45, 7) is 0. The molecule has 0 atom stereocenters. The lowest BCUT2D eigenvalue weighted by Gasteiger charge is -2.14. The zero-order chi connectivity index (χ0) is 37.3. The van der Waals surface area contributed by atoms with Gasteiger partial charge in [-0.2, -0.15) is 0 Å². The van der Waals surface area contributed by atoms with Crippen LogP contribution >= 0.6 is 0 Å². The smallest absolute Gasteiger partial charge is 0.0721 e. The quantitative estimate of drug-likeness (QED) is 0.154. The van der Waals surface area contributed by atoms with Crippen LogP contribution < -0.4 is 0 Å². The second-order valence-corrected chi connectivity index (χ2v) is 14.2. The number of pyridine rings is 2. The van der Waals surface area contributed by atoms with E-state index in [0.717, 1.165) is 56.2 Å². The van der Waals surface area contributed by atoms with Crippen LogP contribution in [0.3, 0.4) is 0 Å². The third-order valence-corrected chi connectivity index (χ3v) is 10.7. The second-order valence-electron chi connectivity index (χ2n) is 14.2. The Morgan fingerprint density at radius 3 is 1.04 bits per heavy atom. The van der Waals surface area contributed by atoms with Crippen LogP contribution in [0.4, 0.5) is 0 Å². The molecule has 0 aliphatic carbocycles. The molecule has 0 spiro atoms. The average Bonchev–Trinajstić information content (AvgIpc) is 3.29. The second kappa shape index (κ2) is 14.4. The van der Waals surface area contributed by atoms with E-state index in [0.29, 0.717) is 0 Å². The van der Waals surface area contributed by atoms with E-state index in [-0.39, 0.29) is 0 Å². The molecule has 0 unspecified atom stereocenters. The molecular formula is C54H36N2. The minimum absolute atomic E-state index is 0.952. The maximum atomic E-state index is 5.27. The van der Waals surface area contributed by atoms with Gasteiger partial charge in [-0.1, -0.05) is 194 Å². The van der Waals surface area contributed by atoms with E-state index in [4.69, 9.17) is 9.97 Å². The van der Waals surface area contributed by atoms with Gasteiger partial charge in [-0.3, -0.25) is 0 Å². The molecule has 10 rings (SSSR count). The summed E-state index contributed by atoms with van der Waals surface area (Å²) in [5.74, 6) is 0. The van der Waals surface area contributed by atoms with Gasteiger partial charge >= 0.3 is 0 Å².